The number of nitriles is 1. The summed E-state index contributed by atoms with van der Waals surface area (Å²) >= 11 is 5.84. The van der Waals surface area contributed by atoms with Crippen molar-refractivity contribution in [2.45, 2.75) is 24.9 Å². The second-order valence-corrected chi connectivity index (χ2v) is 5.94. The molecule has 3 rings (SSSR count). The molecule has 0 spiro atoms. The van der Waals surface area contributed by atoms with E-state index in [1.54, 1.807) is 11.0 Å². The molecule has 1 aromatic carbocycles. The lowest BCUT2D eigenvalue weighted by Gasteiger charge is -2.38. The first kappa shape index (κ1) is 14.2. The molecule has 1 saturated heterocycles. The third-order valence-electron chi connectivity index (χ3n) is 4.07. The Morgan fingerprint density at radius 2 is 2.14 bits per heavy atom. The second-order valence-electron chi connectivity index (χ2n) is 5.53. The van der Waals surface area contributed by atoms with Crippen molar-refractivity contribution in [2.75, 3.05) is 19.6 Å². The Bertz CT molecular complexity index is 609. The molecule has 2 fully saturated rings. The van der Waals surface area contributed by atoms with Crippen molar-refractivity contribution in [3.05, 3.63) is 28.8 Å². The zero-order valence-electron chi connectivity index (χ0n) is 11.5. The molecule has 0 radical (unpaired) electrons. The molecule has 0 unspecified atom stereocenters. The highest BCUT2D eigenvalue weighted by Crippen LogP contribution is 2.30. The van der Waals surface area contributed by atoms with Gasteiger partial charge >= 0.3 is 0 Å². The molecule has 0 bridgehead atoms. The molecule has 21 heavy (non-hydrogen) atoms. The van der Waals surface area contributed by atoms with Gasteiger partial charge < -0.3 is 10.0 Å². The van der Waals surface area contributed by atoms with Gasteiger partial charge in [-0.25, -0.2) is 0 Å². The summed E-state index contributed by atoms with van der Waals surface area (Å²) in [4.78, 5) is 16.4. The van der Waals surface area contributed by atoms with Crippen molar-refractivity contribution in [3.63, 3.8) is 0 Å². The van der Waals surface area contributed by atoms with Gasteiger partial charge in [0.2, 0.25) is 0 Å². The number of aromatic hydroxyl groups is 1. The highest BCUT2D eigenvalue weighted by Gasteiger charge is 2.38. The van der Waals surface area contributed by atoms with Gasteiger partial charge in [-0.15, -0.1) is 0 Å². The topological polar surface area (TPSA) is 67.6 Å². The van der Waals surface area contributed by atoms with Gasteiger partial charge in [0.1, 0.15) is 11.8 Å². The van der Waals surface area contributed by atoms with E-state index in [1.165, 1.54) is 12.1 Å². The quantitative estimate of drug-likeness (QED) is 0.905. The molecule has 1 heterocycles. The maximum atomic E-state index is 12.5. The standard InChI is InChI=1S/C15H16ClN3O2/c16-13-7-10(1-4-14(13)20)15(21)18-5-6-19(11-2-3-11)12(8-17)9-18/h1,4,7,11-12,20H,2-3,5-6,9H2/t12-/m1/s1. The van der Waals surface area contributed by atoms with Gasteiger partial charge in [-0.1, -0.05) is 11.6 Å². The lowest BCUT2D eigenvalue weighted by Crippen LogP contribution is -2.54. The molecule has 1 aromatic rings. The number of hydrogen-bond donors (Lipinski definition) is 1. The summed E-state index contributed by atoms with van der Waals surface area (Å²) in [5.41, 5.74) is 0.439. The van der Waals surface area contributed by atoms with Crippen LogP contribution in [0.5, 0.6) is 5.75 Å². The number of carbonyl (C=O) groups is 1. The second kappa shape index (κ2) is 5.55. The minimum atomic E-state index is -0.234. The third-order valence-corrected chi connectivity index (χ3v) is 4.37. The number of nitrogens with zero attached hydrogens (tertiary/aromatic N) is 3. The first-order valence-corrected chi connectivity index (χ1v) is 7.41. The van der Waals surface area contributed by atoms with Crippen LogP contribution in [-0.2, 0) is 0 Å². The normalized spacial score (nSPS) is 22.9. The molecule has 1 atom stereocenters. The van der Waals surface area contributed by atoms with Crippen molar-refractivity contribution in [1.82, 2.24) is 9.80 Å². The molecular weight excluding hydrogens is 290 g/mol. The molecule has 6 heteroatoms. The van der Waals surface area contributed by atoms with Crippen LogP contribution in [0.3, 0.4) is 0 Å². The number of rotatable bonds is 2. The average molecular weight is 306 g/mol. The maximum Gasteiger partial charge on any atom is 0.254 e. The van der Waals surface area contributed by atoms with E-state index in [-0.39, 0.29) is 22.7 Å². The highest BCUT2D eigenvalue weighted by molar-refractivity contribution is 6.32. The van der Waals surface area contributed by atoms with Gasteiger partial charge in [0.25, 0.3) is 5.91 Å². The van der Waals surface area contributed by atoms with Crippen LogP contribution in [0.2, 0.25) is 5.02 Å². The number of benzene rings is 1. The number of phenols is 1. The number of phenolic OH excluding ortho intramolecular Hbond substituents is 1. The Morgan fingerprint density at radius 3 is 2.76 bits per heavy atom. The number of amides is 1. The van der Waals surface area contributed by atoms with Crippen LogP contribution in [-0.4, -0.2) is 52.5 Å². The average Bonchev–Trinajstić information content (AvgIpc) is 3.33. The van der Waals surface area contributed by atoms with Gasteiger partial charge in [0.15, 0.2) is 0 Å². The van der Waals surface area contributed by atoms with Crippen LogP contribution in [0.25, 0.3) is 0 Å². The maximum absolute atomic E-state index is 12.5. The minimum Gasteiger partial charge on any atom is -0.506 e. The predicted octanol–water partition coefficient (Wildman–Crippen LogP) is 1.86. The molecule has 1 saturated carbocycles. The van der Waals surface area contributed by atoms with E-state index in [0.29, 0.717) is 24.7 Å². The number of carbonyl (C=O) groups excluding carboxylic acids is 1. The number of halogens is 1. The van der Waals surface area contributed by atoms with Crippen LogP contribution in [0.15, 0.2) is 18.2 Å². The van der Waals surface area contributed by atoms with Crippen LogP contribution in [0.1, 0.15) is 23.2 Å². The Hall–Kier alpha value is -1.77. The van der Waals surface area contributed by atoms with Crippen LogP contribution >= 0.6 is 11.6 Å². The first-order valence-electron chi connectivity index (χ1n) is 7.03. The van der Waals surface area contributed by atoms with Crippen molar-refractivity contribution in [2.24, 2.45) is 0 Å². The van der Waals surface area contributed by atoms with Crippen molar-refractivity contribution < 1.29 is 9.90 Å². The zero-order valence-corrected chi connectivity index (χ0v) is 12.3. The molecule has 1 aliphatic carbocycles. The Morgan fingerprint density at radius 1 is 1.38 bits per heavy atom. The lowest BCUT2D eigenvalue weighted by molar-refractivity contribution is 0.0550. The van der Waals surface area contributed by atoms with Gasteiger partial charge in [-0.05, 0) is 31.0 Å². The molecule has 2 aliphatic rings. The Kier molecular flexibility index (Phi) is 3.75. The summed E-state index contributed by atoms with van der Waals surface area (Å²) in [6.45, 7) is 1.77. The monoisotopic (exact) mass is 305 g/mol. The molecule has 110 valence electrons. The van der Waals surface area contributed by atoms with Gasteiger partial charge in [-0.3, -0.25) is 9.69 Å². The zero-order chi connectivity index (χ0) is 15.0. The van der Waals surface area contributed by atoms with E-state index >= 15 is 0 Å². The first-order chi connectivity index (χ1) is 10.1. The van der Waals surface area contributed by atoms with Crippen molar-refractivity contribution in [1.29, 1.82) is 5.26 Å². The highest BCUT2D eigenvalue weighted by atomic mass is 35.5. The van der Waals surface area contributed by atoms with Crippen LogP contribution < -0.4 is 0 Å². The van der Waals surface area contributed by atoms with Gasteiger partial charge in [0, 0.05) is 31.2 Å². The Balaban J connectivity index is 1.73. The summed E-state index contributed by atoms with van der Waals surface area (Å²) < 4.78 is 0. The molecule has 1 amide bonds. The predicted molar refractivity (Wildman–Crippen MR) is 78.1 cm³/mol. The smallest absolute Gasteiger partial charge is 0.254 e. The third kappa shape index (κ3) is 2.82. The number of hydrogen-bond acceptors (Lipinski definition) is 4. The van der Waals surface area contributed by atoms with E-state index < -0.39 is 0 Å². The Labute approximate surface area is 128 Å². The fourth-order valence-corrected chi connectivity index (χ4v) is 2.94. The van der Waals surface area contributed by atoms with Crippen LogP contribution in [0.4, 0.5) is 0 Å². The minimum absolute atomic E-state index is 0.0401. The molecular formula is C15H16ClN3O2. The number of piperazine rings is 1. The van der Waals surface area contributed by atoms with Gasteiger partial charge in [0.05, 0.1) is 11.1 Å². The van der Waals surface area contributed by atoms with Gasteiger partial charge in [-0.2, -0.15) is 5.26 Å². The van der Waals surface area contributed by atoms with E-state index in [0.717, 1.165) is 19.4 Å². The lowest BCUT2D eigenvalue weighted by atomic mass is 10.1. The fraction of sp³-hybridized carbons (Fsp3) is 0.467. The van der Waals surface area contributed by atoms with Crippen molar-refractivity contribution >= 4 is 17.5 Å². The molecule has 1 aliphatic heterocycles. The largest absolute Gasteiger partial charge is 0.506 e. The summed E-state index contributed by atoms with van der Waals surface area (Å²) in [7, 11) is 0. The summed E-state index contributed by atoms with van der Waals surface area (Å²) in [6, 6.07) is 7.02. The summed E-state index contributed by atoms with van der Waals surface area (Å²) in [5, 5.41) is 18.9. The summed E-state index contributed by atoms with van der Waals surface area (Å²) in [5.74, 6) is -0.186. The van der Waals surface area contributed by atoms with Crippen molar-refractivity contribution in [3.8, 4) is 11.8 Å². The van der Waals surface area contributed by atoms with Crippen LogP contribution in [0, 0.1) is 11.3 Å². The van der Waals surface area contributed by atoms with E-state index in [4.69, 9.17) is 11.6 Å². The van der Waals surface area contributed by atoms with E-state index in [2.05, 4.69) is 11.0 Å². The molecule has 5 nitrogen and oxygen atoms in total. The van der Waals surface area contributed by atoms with E-state index in [9.17, 15) is 15.2 Å². The molecule has 1 N–H and O–H groups in total. The SMILES string of the molecule is N#C[C@@H]1CN(C(=O)c2ccc(O)c(Cl)c2)CCN1C1CC1. The van der Waals surface area contributed by atoms with E-state index in [1.807, 2.05) is 0 Å². The summed E-state index contributed by atoms with van der Waals surface area (Å²) in [6.07, 6.45) is 2.30. The molecule has 0 aromatic heterocycles. The fourth-order valence-electron chi connectivity index (χ4n) is 2.76.